The molecule has 0 fully saturated rings. The SMILES string of the molecule is CCOC(=O)C([NH3+])(CC)CC. The Kier molecular flexibility index (Phi) is 4.11. The number of carbonyl (C=O) groups is 1. The molecule has 3 heteroatoms. The summed E-state index contributed by atoms with van der Waals surface area (Å²) in [6.45, 7) is 6.15. The summed E-state index contributed by atoms with van der Waals surface area (Å²) in [5.41, 5.74) is 3.33. The maximum atomic E-state index is 11.2. The van der Waals surface area contributed by atoms with Crippen LogP contribution in [0.15, 0.2) is 0 Å². The van der Waals surface area contributed by atoms with E-state index in [9.17, 15) is 4.79 Å². The molecule has 0 atom stereocenters. The molecule has 0 radical (unpaired) electrons. The predicted molar refractivity (Wildman–Crippen MR) is 42.8 cm³/mol. The van der Waals surface area contributed by atoms with Crippen molar-refractivity contribution in [3.63, 3.8) is 0 Å². The van der Waals surface area contributed by atoms with Crippen molar-refractivity contribution >= 4 is 5.97 Å². The molecule has 0 aromatic carbocycles. The molecule has 0 heterocycles. The third-order valence-electron chi connectivity index (χ3n) is 2.06. The molecule has 66 valence electrons. The zero-order valence-corrected chi connectivity index (χ0v) is 7.64. The Morgan fingerprint density at radius 2 is 1.82 bits per heavy atom. The van der Waals surface area contributed by atoms with Crippen molar-refractivity contribution < 1.29 is 15.3 Å². The highest BCUT2D eigenvalue weighted by Gasteiger charge is 2.35. The zero-order valence-electron chi connectivity index (χ0n) is 7.64. The Labute approximate surface area is 67.9 Å². The van der Waals surface area contributed by atoms with Crippen LogP contribution in [0.4, 0.5) is 0 Å². The first-order valence-corrected chi connectivity index (χ1v) is 4.13. The second-order valence-corrected chi connectivity index (χ2v) is 2.71. The van der Waals surface area contributed by atoms with Gasteiger partial charge in [-0.2, -0.15) is 0 Å². The van der Waals surface area contributed by atoms with Crippen LogP contribution in [0.25, 0.3) is 0 Å². The maximum absolute atomic E-state index is 11.2. The number of quaternary nitrogens is 1. The average molecular weight is 160 g/mol. The molecule has 0 amide bonds. The Morgan fingerprint density at radius 3 is 2.09 bits per heavy atom. The molecule has 0 saturated carbocycles. The van der Waals surface area contributed by atoms with Gasteiger partial charge in [-0.3, -0.25) is 0 Å². The van der Waals surface area contributed by atoms with E-state index in [1.165, 1.54) is 0 Å². The molecule has 0 saturated heterocycles. The third kappa shape index (κ3) is 2.50. The lowest BCUT2D eigenvalue weighted by Gasteiger charge is -2.19. The van der Waals surface area contributed by atoms with Crippen LogP contribution < -0.4 is 5.73 Å². The van der Waals surface area contributed by atoms with E-state index in [0.29, 0.717) is 6.61 Å². The predicted octanol–water partition coefficient (Wildman–Crippen LogP) is 0.350. The minimum atomic E-state index is -0.518. The molecule has 11 heavy (non-hydrogen) atoms. The van der Waals surface area contributed by atoms with Crippen molar-refractivity contribution in [3.8, 4) is 0 Å². The molecule has 0 aromatic heterocycles. The Hall–Kier alpha value is -0.570. The number of carbonyl (C=O) groups excluding carboxylic acids is 1. The van der Waals surface area contributed by atoms with Gasteiger partial charge in [-0.05, 0) is 6.92 Å². The van der Waals surface area contributed by atoms with Gasteiger partial charge < -0.3 is 10.5 Å². The molecule has 0 aliphatic carbocycles. The van der Waals surface area contributed by atoms with Crippen LogP contribution in [-0.2, 0) is 9.53 Å². The van der Waals surface area contributed by atoms with E-state index in [4.69, 9.17) is 4.74 Å². The molecule has 0 spiro atoms. The van der Waals surface area contributed by atoms with E-state index in [1.807, 2.05) is 20.8 Å². The van der Waals surface area contributed by atoms with E-state index < -0.39 is 5.54 Å². The molecule has 3 N–H and O–H groups in total. The van der Waals surface area contributed by atoms with E-state index in [1.54, 1.807) is 0 Å². The van der Waals surface area contributed by atoms with Gasteiger partial charge in [-0.15, -0.1) is 0 Å². The summed E-state index contributed by atoms with van der Waals surface area (Å²) < 4.78 is 4.89. The van der Waals surface area contributed by atoms with Gasteiger partial charge in [0.1, 0.15) is 0 Å². The highest BCUT2D eigenvalue weighted by atomic mass is 16.5. The van der Waals surface area contributed by atoms with E-state index in [-0.39, 0.29) is 5.97 Å². The Morgan fingerprint density at radius 1 is 1.36 bits per heavy atom. The Balaban J connectivity index is 4.12. The van der Waals surface area contributed by atoms with Crippen LogP contribution in [0.2, 0.25) is 0 Å². The summed E-state index contributed by atoms with van der Waals surface area (Å²) in [4.78, 5) is 11.2. The van der Waals surface area contributed by atoms with Crippen LogP contribution in [-0.4, -0.2) is 18.1 Å². The molecular weight excluding hydrogens is 142 g/mol. The van der Waals surface area contributed by atoms with Crippen LogP contribution in [0.1, 0.15) is 33.6 Å². The largest absolute Gasteiger partial charge is 0.461 e. The van der Waals surface area contributed by atoms with Crippen molar-refractivity contribution in [1.29, 1.82) is 0 Å². The van der Waals surface area contributed by atoms with Crippen molar-refractivity contribution in [2.75, 3.05) is 6.61 Å². The van der Waals surface area contributed by atoms with E-state index in [2.05, 4.69) is 5.73 Å². The second kappa shape index (κ2) is 4.34. The van der Waals surface area contributed by atoms with Gasteiger partial charge in [0.2, 0.25) is 0 Å². The topological polar surface area (TPSA) is 53.9 Å². The monoisotopic (exact) mass is 160 g/mol. The molecule has 0 rings (SSSR count). The minimum Gasteiger partial charge on any atom is -0.461 e. The fourth-order valence-corrected chi connectivity index (χ4v) is 0.823. The van der Waals surface area contributed by atoms with Gasteiger partial charge in [0.15, 0.2) is 5.54 Å². The zero-order chi connectivity index (χ0) is 8.91. The fourth-order valence-electron chi connectivity index (χ4n) is 0.823. The smallest absolute Gasteiger partial charge is 0.367 e. The maximum Gasteiger partial charge on any atom is 0.367 e. The van der Waals surface area contributed by atoms with Crippen LogP contribution >= 0.6 is 0 Å². The number of rotatable bonds is 4. The van der Waals surface area contributed by atoms with Gasteiger partial charge in [0.25, 0.3) is 0 Å². The molecule has 0 aliphatic heterocycles. The highest BCUT2D eigenvalue weighted by Crippen LogP contribution is 2.10. The van der Waals surface area contributed by atoms with E-state index in [0.717, 1.165) is 12.8 Å². The summed E-state index contributed by atoms with van der Waals surface area (Å²) in [7, 11) is 0. The summed E-state index contributed by atoms with van der Waals surface area (Å²) >= 11 is 0. The Bertz CT molecular complexity index is 130. The number of esters is 1. The first kappa shape index (κ1) is 10.4. The lowest BCUT2D eigenvalue weighted by atomic mass is 9.95. The second-order valence-electron chi connectivity index (χ2n) is 2.71. The number of ether oxygens (including phenoxy) is 1. The van der Waals surface area contributed by atoms with Crippen LogP contribution in [0.5, 0.6) is 0 Å². The summed E-state index contributed by atoms with van der Waals surface area (Å²) in [6.07, 6.45) is 1.48. The standard InChI is InChI=1S/C8H17NO2/c1-4-8(9,5-2)7(10)11-6-3/h4-6,9H2,1-3H3/p+1. The lowest BCUT2D eigenvalue weighted by Crippen LogP contribution is -2.76. The minimum absolute atomic E-state index is 0.176. The number of hydrogen-bond acceptors (Lipinski definition) is 2. The van der Waals surface area contributed by atoms with Gasteiger partial charge in [0, 0.05) is 12.8 Å². The third-order valence-corrected chi connectivity index (χ3v) is 2.06. The summed E-state index contributed by atoms with van der Waals surface area (Å²) in [6, 6.07) is 0. The molecule has 0 aromatic rings. The van der Waals surface area contributed by atoms with Gasteiger partial charge in [0.05, 0.1) is 6.61 Å². The normalized spacial score (nSPS) is 11.3. The average Bonchev–Trinajstić information content (AvgIpc) is 2.03. The quantitative estimate of drug-likeness (QED) is 0.603. The fraction of sp³-hybridized carbons (Fsp3) is 0.875. The van der Waals surface area contributed by atoms with E-state index >= 15 is 0 Å². The van der Waals surface area contributed by atoms with Crippen LogP contribution in [0.3, 0.4) is 0 Å². The summed E-state index contributed by atoms with van der Waals surface area (Å²) in [5, 5.41) is 0. The van der Waals surface area contributed by atoms with Crippen molar-refractivity contribution in [2.24, 2.45) is 0 Å². The van der Waals surface area contributed by atoms with Gasteiger partial charge >= 0.3 is 5.97 Å². The van der Waals surface area contributed by atoms with Crippen molar-refractivity contribution in [1.82, 2.24) is 0 Å². The molecular formula is C8H18NO2+. The lowest BCUT2D eigenvalue weighted by molar-refractivity contribution is -0.464. The summed E-state index contributed by atoms with van der Waals surface area (Å²) in [5.74, 6) is -0.176. The number of hydrogen-bond donors (Lipinski definition) is 1. The highest BCUT2D eigenvalue weighted by molar-refractivity contribution is 5.78. The molecule has 0 bridgehead atoms. The first-order valence-electron chi connectivity index (χ1n) is 4.13. The van der Waals surface area contributed by atoms with Gasteiger partial charge in [-0.1, -0.05) is 13.8 Å². The molecule has 3 nitrogen and oxygen atoms in total. The first-order chi connectivity index (χ1) is 5.10. The van der Waals surface area contributed by atoms with Gasteiger partial charge in [-0.25, -0.2) is 4.79 Å². The van der Waals surface area contributed by atoms with Crippen molar-refractivity contribution in [3.05, 3.63) is 0 Å². The molecule has 0 unspecified atom stereocenters. The van der Waals surface area contributed by atoms with Crippen LogP contribution in [0, 0.1) is 0 Å². The molecule has 0 aliphatic rings. The van der Waals surface area contributed by atoms with Crippen molar-refractivity contribution in [2.45, 2.75) is 39.2 Å².